The monoisotopic (exact) mass is 328 g/mol. The van der Waals surface area contributed by atoms with Gasteiger partial charge in [0.05, 0.1) is 17.3 Å². The maximum absolute atomic E-state index is 12.0. The number of nitrogens with one attached hydrogen (secondary N) is 1. The number of aromatic nitrogens is 3. The molecule has 0 spiro atoms. The summed E-state index contributed by atoms with van der Waals surface area (Å²) in [6, 6.07) is 6.51. The molecule has 0 radical (unpaired) electrons. The summed E-state index contributed by atoms with van der Waals surface area (Å²) in [4.78, 5) is 3.90. The molecule has 0 fully saturated rings. The number of hydrogen-bond donors (Lipinski definition) is 1. The second-order valence-corrected chi connectivity index (χ2v) is 5.59. The maximum Gasteiger partial charge on any atom is 0.264 e. The summed E-state index contributed by atoms with van der Waals surface area (Å²) < 4.78 is 26.2. The van der Waals surface area contributed by atoms with E-state index in [1.165, 1.54) is 24.5 Å². The standard InChI is InChI=1S/C10H9BrN4O2S/c11-7-8-1-3-9(4-2-8)18(16,17)15-10-12-5-6-13-14-10/h1-6H,7H2,(H,12,14,15). The van der Waals surface area contributed by atoms with E-state index in [0.29, 0.717) is 5.33 Å². The Morgan fingerprint density at radius 1 is 1.17 bits per heavy atom. The van der Waals surface area contributed by atoms with Gasteiger partial charge in [0.1, 0.15) is 0 Å². The molecule has 1 N–H and O–H groups in total. The second-order valence-electron chi connectivity index (χ2n) is 3.35. The normalized spacial score (nSPS) is 11.2. The largest absolute Gasteiger partial charge is 0.264 e. The molecule has 0 aliphatic carbocycles. The van der Waals surface area contributed by atoms with E-state index >= 15 is 0 Å². The number of halogens is 1. The summed E-state index contributed by atoms with van der Waals surface area (Å²) in [5.74, 6) is -0.0536. The molecular formula is C10H9BrN4O2S. The molecule has 0 bridgehead atoms. The van der Waals surface area contributed by atoms with Crippen LogP contribution in [0.15, 0.2) is 41.6 Å². The fraction of sp³-hybridized carbons (Fsp3) is 0.100. The van der Waals surface area contributed by atoms with Crippen molar-refractivity contribution in [1.82, 2.24) is 15.2 Å². The molecule has 18 heavy (non-hydrogen) atoms. The molecule has 94 valence electrons. The minimum absolute atomic E-state index is 0.0536. The Morgan fingerprint density at radius 3 is 2.44 bits per heavy atom. The number of anilines is 1. The van der Waals surface area contributed by atoms with Crippen LogP contribution >= 0.6 is 15.9 Å². The topological polar surface area (TPSA) is 84.8 Å². The minimum Gasteiger partial charge on any atom is -0.246 e. The van der Waals surface area contributed by atoms with Gasteiger partial charge in [0.25, 0.3) is 16.0 Å². The smallest absolute Gasteiger partial charge is 0.246 e. The molecule has 1 aromatic heterocycles. The van der Waals surface area contributed by atoms with Crippen LogP contribution in [-0.2, 0) is 15.4 Å². The SMILES string of the molecule is O=S(=O)(Nc1nccnn1)c1ccc(CBr)cc1. The van der Waals surface area contributed by atoms with Gasteiger partial charge < -0.3 is 0 Å². The van der Waals surface area contributed by atoms with Crippen molar-refractivity contribution in [3.63, 3.8) is 0 Å². The van der Waals surface area contributed by atoms with Crippen molar-refractivity contribution >= 4 is 31.9 Å². The van der Waals surface area contributed by atoms with Gasteiger partial charge in [-0.25, -0.2) is 18.1 Å². The fourth-order valence-corrected chi connectivity index (χ4v) is 2.55. The van der Waals surface area contributed by atoms with Crippen molar-refractivity contribution in [2.45, 2.75) is 10.2 Å². The molecule has 1 heterocycles. The van der Waals surface area contributed by atoms with Crippen LogP contribution in [-0.4, -0.2) is 23.6 Å². The summed E-state index contributed by atoms with van der Waals surface area (Å²) in [7, 11) is -3.67. The van der Waals surface area contributed by atoms with Gasteiger partial charge in [-0.1, -0.05) is 28.1 Å². The molecule has 6 nitrogen and oxygen atoms in total. The Hall–Kier alpha value is -1.54. The maximum atomic E-state index is 12.0. The van der Waals surface area contributed by atoms with Crippen LogP contribution in [0.3, 0.4) is 0 Å². The highest BCUT2D eigenvalue weighted by Gasteiger charge is 2.15. The van der Waals surface area contributed by atoms with Crippen molar-refractivity contribution in [2.24, 2.45) is 0 Å². The number of rotatable bonds is 4. The van der Waals surface area contributed by atoms with E-state index in [1.807, 2.05) is 0 Å². The van der Waals surface area contributed by atoms with E-state index in [1.54, 1.807) is 12.1 Å². The average molecular weight is 329 g/mol. The molecule has 0 amide bonds. The summed E-state index contributed by atoms with van der Waals surface area (Å²) in [6.07, 6.45) is 2.72. The van der Waals surface area contributed by atoms with Crippen LogP contribution in [0, 0.1) is 0 Å². The van der Waals surface area contributed by atoms with E-state index < -0.39 is 10.0 Å². The van der Waals surface area contributed by atoms with Gasteiger partial charge in [0, 0.05) is 5.33 Å². The summed E-state index contributed by atoms with van der Waals surface area (Å²) in [5, 5.41) is 7.78. The first kappa shape index (κ1) is 12.9. The molecule has 0 aliphatic rings. The molecule has 0 unspecified atom stereocenters. The fourth-order valence-electron chi connectivity index (χ4n) is 1.23. The van der Waals surface area contributed by atoms with Crippen molar-refractivity contribution in [3.05, 3.63) is 42.2 Å². The Kier molecular flexibility index (Phi) is 3.87. The summed E-state index contributed by atoms with van der Waals surface area (Å²) in [6.45, 7) is 0. The molecular weight excluding hydrogens is 320 g/mol. The highest BCUT2D eigenvalue weighted by atomic mass is 79.9. The first-order valence-electron chi connectivity index (χ1n) is 4.93. The lowest BCUT2D eigenvalue weighted by Gasteiger charge is -2.05. The highest BCUT2D eigenvalue weighted by molar-refractivity contribution is 9.08. The zero-order valence-electron chi connectivity index (χ0n) is 9.12. The average Bonchev–Trinajstić information content (AvgIpc) is 2.39. The highest BCUT2D eigenvalue weighted by Crippen LogP contribution is 2.14. The summed E-state index contributed by atoms with van der Waals surface area (Å²) in [5.41, 5.74) is 0.992. The molecule has 0 atom stereocenters. The van der Waals surface area contributed by atoms with Crippen molar-refractivity contribution in [3.8, 4) is 0 Å². The number of alkyl halides is 1. The Morgan fingerprint density at radius 2 is 1.89 bits per heavy atom. The first-order valence-corrected chi connectivity index (χ1v) is 7.54. The Bertz CT molecular complexity index is 616. The lowest BCUT2D eigenvalue weighted by molar-refractivity contribution is 0.600. The predicted octanol–water partition coefficient (Wildman–Crippen LogP) is 1.57. The molecule has 2 aromatic rings. The molecule has 8 heteroatoms. The minimum atomic E-state index is -3.67. The molecule has 0 aliphatic heterocycles. The predicted molar refractivity (Wildman–Crippen MR) is 69.7 cm³/mol. The first-order chi connectivity index (χ1) is 8.62. The van der Waals surface area contributed by atoms with Gasteiger partial charge in [-0.05, 0) is 17.7 Å². The van der Waals surface area contributed by atoms with Crippen LogP contribution in [0.1, 0.15) is 5.56 Å². The number of benzene rings is 1. The lowest BCUT2D eigenvalue weighted by atomic mass is 10.2. The van der Waals surface area contributed by atoms with E-state index in [9.17, 15) is 8.42 Å². The van der Waals surface area contributed by atoms with Crippen LogP contribution in [0.2, 0.25) is 0 Å². The van der Waals surface area contributed by atoms with Gasteiger partial charge in [-0.15, -0.1) is 5.10 Å². The third-order valence-electron chi connectivity index (χ3n) is 2.10. The van der Waals surface area contributed by atoms with Gasteiger partial charge in [0.2, 0.25) is 0 Å². The molecule has 1 aromatic carbocycles. The van der Waals surface area contributed by atoms with Crippen LogP contribution < -0.4 is 4.72 Å². The van der Waals surface area contributed by atoms with Crippen molar-refractivity contribution < 1.29 is 8.42 Å². The van der Waals surface area contributed by atoms with E-state index in [2.05, 4.69) is 35.8 Å². The van der Waals surface area contributed by atoms with Gasteiger partial charge in [0.15, 0.2) is 0 Å². The van der Waals surface area contributed by atoms with Gasteiger partial charge in [-0.3, -0.25) is 0 Å². The molecule has 0 saturated heterocycles. The Labute approximate surface area is 113 Å². The second kappa shape index (κ2) is 5.40. The third kappa shape index (κ3) is 3.02. The van der Waals surface area contributed by atoms with Gasteiger partial charge >= 0.3 is 0 Å². The molecule has 2 rings (SSSR count). The van der Waals surface area contributed by atoms with E-state index in [4.69, 9.17) is 0 Å². The number of hydrogen-bond acceptors (Lipinski definition) is 5. The van der Waals surface area contributed by atoms with E-state index in [0.717, 1.165) is 5.56 Å². The van der Waals surface area contributed by atoms with Crippen molar-refractivity contribution in [1.29, 1.82) is 0 Å². The van der Waals surface area contributed by atoms with E-state index in [-0.39, 0.29) is 10.8 Å². The van der Waals surface area contributed by atoms with Crippen LogP contribution in [0.25, 0.3) is 0 Å². The Balaban J connectivity index is 2.25. The van der Waals surface area contributed by atoms with Gasteiger partial charge in [-0.2, -0.15) is 5.10 Å². The third-order valence-corrected chi connectivity index (χ3v) is 4.09. The molecule has 0 saturated carbocycles. The number of nitrogens with zero attached hydrogens (tertiary/aromatic N) is 3. The number of sulfonamides is 1. The zero-order chi connectivity index (χ0) is 13.0. The van der Waals surface area contributed by atoms with Crippen LogP contribution in [0.4, 0.5) is 5.95 Å². The quantitative estimate of drug-likeness (QED) is 0.861. The van der Waals surface area contributed by atoms with Crippen molar-refractivity contribution in [2.75, 3.05) is 4.72 Å². The van der Waals surface area contributed by atoms with Crippen LogP contribution in [0.5, 0.6) is 0 Å². The zero-order valence-corrected chi connectivity index (χ0v) is 11.5. The summed E-state index contributed by atoms with van der Waals surface area (Å²) >= 11 is 3.29. The lowest BCUT2D eigenvalue weighted by Crippen LogP contribution is -2.15.